The van der Waals surface area contributed by atoms with Crippen molar-refractivity contribution in [2.75, 3.05) is 19.6 Å². The monoisotopic (exact) mass is 387 g/mol. The Morgan fingerprint density at radius 1 is 1.24 bits per heavy atom. The minimum absolute atomic E-state index is 0.320. The first-order chi connectivity index (χ1) is 14.1. The van der Waals surface area contributed by atoms with Crippen molar-refractivity contribution in [2.45, 2.75) is 38.2 Å². The number of pyridine rings is 1. The fraction of sp³-hybridized carbons (Fsp3) is 0.435. The van der Waals surface area contributed by atoms with E-state index in [1.807, 2.05) is 6.20 Å². The molecular weight excluding hydrogens is 361 g/mol. The van der Waals surface area contributed by atoms with Gasteiger partial charge in [0.15, 0.2) is 0 Å². The maximum absolute atomic E-state index is 10.5. The van der Waals surface area contributed by atoms with Gasteiger partial charge in [-0.05, 0) is 61.8 Å². The van der Waals surface area contributed by atoms with Gasteiger partial charge in [-0.2, -0.15) is 0 Å². The third-order valence-corrected chi connectivity index (χ3v) is 7.35. The number of nitrogens with zero attached hydrogens (tertiary/aromatic N) is 2. The molecule has 5 nitrogen and oxygen atoms in total. The number of aryl methyl sites for hydroxylation is 1. The zero-order valence-corrected chi connectivity index (χ0v) is 16.8. The average Bonchev–Trinajstić information content (AvgIpc) is 3.38. The number of likely N-dealkylation sites (tertiary alicyclic amines) is 1. The summed E-state index contributed by atoms with van der Waals surface area (Å²) in [4.78, 5) is 10.2. The quantitative estimate of drug-likeness (QED) is 0.678. The zero-order valence-electron chi connectivity index (χ0n) is 16.8. The summed E-state index contributed by atoms with van der Waals surface area (Å²) in [5.41, 5.74) is 5.61. The molecule has 0 atom stereocenters. The summed E-state index contributed by atoms with van der Waals surface area (Å²) in [5, 5.41) is 11.6. The molecule has 6 rings (SSSR count). The number of H-pyrrole nitrogens is 1. The van der Waals surface area contributed by atoms with E-state index < -0.39 is 7.12 Å². The van der Waals surface area contributed by atoms with Gasteiger partial charge in [-0.15, -0.1) is 0 Å². The van der Waals surface area contributed by atoms with Crippen LogP contribution in [0.3, 0.4) is 0 Å². The van der Waals surface area contributed by atoms with E-state index >= 15 is 0 Å². The van der Waals surface area contributed by atoms with Crippen LogP contribution in [0.15, 0.2) is 42.7 Å². The van der Waals surface area contributed by atoms with Crippen LogP contribution in [0.1, 0.15) is 36.0 Å². The lowest BCUT2D eigenvalue weighted by molar-refractivity contribution is -0.110. The number of hydrogen-bond acceptors (Lipinski definition) is 4. The van der Waals surface area contributed by atoms with Crippen molar-refractivity contribution in [1.29, 1.82) is 0 Å². The Morgan fingerprint density at radius 2 is 2.07 bits per heavy atom. The largest absolute Gasteiger partial charge is 0.493 e. The molecule has 148 valence electrons. The van der Waals surface area contributed by atoms with Crippen LogP contribution in [-0.4, -0.2) is 46.6 Å². The van der Waals surface area contributed by atoms with Gasteiger partial charge in [-0.1, -0.05) is 29.8 Å². The second-order valence-electron chi connectivity index (χ2n) is 9.41. The highest BCUT2D eigenvalue weighted by Crippen LogP contribution is 2.62. The molecule has 3 aliphatic rings. The van der Waals surface area contributed by atoms with Crippen LogP contribution in [0.4, 0.5) is 0 Å². The number of rotatable bonds is 3. The maximum atomic E-state index is 10.5. The second-order valence-corrected chi connectivity index (χ2v) is 9.41. The van der Waals surface area contributed by atoms with Crippen LogP contribution in [0.2, 0.25) is 0 Å². The van der Waals surface area contributed by atoms with Gasteiger partial charge >= 0.3 is 7.12 Å². The van der Waals surface area contributed by atoms with Crippen molar-refractivity contribution in [3.8, 4) is 0 Å². The Balaban J connectivity index is 1.18. The topological polar surface area (TPSA) is 61.4 Å². The van der Waals surface area contributed by atoms with E-state index in [2.05, 4.69) is 52.1 Å². The van der Waals surface area contributed by atoms with Gasteiger partial charge in [0.05, 0.1) is 5.60 Å². The van der Waals surface area contributed by atoms with Crippen molar-refractivity contribution in [2.24, 2.45) is 5.41 Å². The Kier molecular flexibility index (Phi) is 3.77. The van der Waals surface area contributed by atoms with E-state index in [1.54, 1.807) is 6.20 Å². The fourth-order valence-corrected chi connectivity index (χ4v) is 6.02. The van der Waals surface area contributed by atoms with Gasteiger partial charge in [0.2, 0.25) is 0 Å². The summed E-state index contributed by atoms with van der Waals surface area (Å²) >= 11 is 0. The Morgan fingerprint density at radius 3 is 2.90 bits per heavy atom. The first kappa shape index (κ1) is 17.7. The normalized spacial score (nSPS) is 28.6. The van der Waals surface area contributed by atoms with Crippen molar-refractivity contribution in [3.05, 3.63) is 59.4 Å². The van der Waals surface area contributed by atoms with Gasteiger partial charge in [0.1, 0.15) is 5.65 Å². The molecule has 29 heavy (non-hydrogen) atoms. The first-order valence-electron chi connectivity index (χ1n) is 10.7. The molecule has 0 bridgehead atoms. The molecule has 3 aromatic rings. The zero-order chi connectivity index (χ0) is 19.6. The molecule has 2 fully saturated rings. The molecule has 1 saturated heterocycles. The van der Waals surface area contributed by atoms with Gasteiger partial charge in [-0.25, -0.2) is 4.98 Å². The summed E-state index contributed by atoms with van der Waals surface area (Å²) in [5.74, 6) is 0. The van der Waals surface area contributed by atoms with Crippen LogP contribution in [0.25, 0.3) is 11.0 Å². The van der Waals surface area contributed by atoms with Crippen molar-refractivity contribution in [3.63, 3.8) is 0 Å². The van der Waals surface area contributed by atoms with Crippen molar-refractivity contribution < 1.29 is 9.68 Å². The molecule has 0 unspecified atom stereocenters. The highest BCUT2D eigenvalue weighted by molar-refractivity contribution is 6.62. The molecule has 0 amide bonds. The third kappa shape index (κ3) is 2.70. The fourth-order valence-electron chi connectivity index (χ4n) is 6.02. The van der Waals surface area contributed by atoms with Crippen molar-refractivity contribution in [1.82, 2.24) is 14.9 Å². The molecule has 2 aromatic heterocycles. The summed E-state index contributed by atoms with van der Waals surface area (Å²) < 4.78 is 6.18. The van der Waals surface area contributed by atoms with E-state index in [1.165, 1.54) is 23.1 Å². The van der Waals surface area contributed by atoms with E-state index in [4.69, 9.17) is 4.65 Å². The third-order valence-electron chi connectivity index (χ3n) is 7.35. The molecular formula is C23H26BN3O2. The van der Waals surface area contributed by atoms with Crippen molar-refractivity contribution >= 4 is 23.6 Å². The summed E-state index contributed by atoms with van der Waals surface area (Å²) in [6, 6.07) is 11.0. The number of fused-ring (bicyclic) bond motifs is 4. The molecule has 4 heterocycles. The number of nitrogens with one attached hydrogen (secondary N) is 1. The lowest BCUT2D eigenvalue weighted by Crippen LogP contribution is -2.52. The number of hydrogen-bond donors (Lipinski definition) is 2. The molecule has 2 spiro atoms. The van der Waals surface area contributed by atoms with Gasteiger partial charge < -0.3 is 19.6 Å². The molecule has 1 saturated carbocycles. The van der Waals surface area contributed by atoms with E-state index in [0.29, 0.717) is 5.41 Å². The van der Waals surface area contributed by atoms with Crippen LogP contribution < -0.4 is 5.46 Å². The van der Waals surface area contributed by atoms with Crippen LogP contribution in [0.5, 0.6) is 0 Å². The maximum Gasteiger partial charge on any atom is 0.493 e. The predicted molar refractivity (Wildman–Crippen MR) is 114 cm³/mol. The lowest BCUT2D eigenvalue weighted by Gasteiger charge is -2.53. The van der Waals surface area contributed by atoms with E-state index in [9.17, 15) is 5.02 Å². The van der Waals surface area contributed by atoms with E-state index in [0.717, 1.165) is 55.4 Å². The number of aromatic nitrogens is 2. The van der Waals surface area contributed by atoms with Gasteiger partial charge in [0, 0.05) is 36.3 Å². The summed E-state index contributed by atoms with van der Waals surface area (Å²) in [7, 11) is -0.854. The molecule has 2 aliphatic heterocycles. The molecule has 1 aliphatic carbocycles. The minimum Gasteiger partial charge on any atom is -0.423 e. The standard InChI is InChI=1S/C23H26BN3O2/c1-16-2-4-17(5-3-16)7-10-27-11-8-22(15-27)13-23(14-22)20-18-6-9-25-21(18)26-12-19(20)24(28)29-23/h2-6,9,12,28H,7-8,10-11,13-15H2,1H3,(H,25,26). The Labute approximate surface area is 171 Å². The number of aromatic amines is 1. The average molecular weight is 387 g/mol. The molecule has 2 N–H and O–H groups in total. The Hall–Kier alpha value is -2.15. The van der Waals surface area contributed by atoms with Gasteiger partial charge in [-0.3, -0.25) is 0 Å². The summed E-state index contributed by atoms with van der Waals surface area (Å²) in [6.07, 6.45) is 8.02. The van der Waals surface area contributed by atoms with Crippen LogP contribution >= 0.6 is 0 Å². The van der Waals surface area contributed by atoms with Crippen LogP contribution in [-0.2, 0) is 16.7 Å². The summed E-state index contributed by atoms with van der Waals surface area (Å²) in [6.45, 7) is 5.55. The molecule has 1 aromatic carbocycles. The smallest absolute Gasteiger partial charge is 0.423 e. The molecule has 0 radical (unpaired) electrons. The predicted octanol–water partition coefficient (Wildman–Crippen LogP) is 2.51. The second kappa shape index (κ2) is 6.18. The number of benzene rings is 1. The van der Waals surface area contributed by atoms with E-state index in [-0.39, 0.29) is 5.60 Å². The molecule has 6 heteroatoms. The highest BCUT2D eigenvalue weighted by atomic mass is 16.5. The Bertz CT molecular complexity index is 1070. The van der Waals surface area contributed by atoms with Gasteiger partial charge in [0.25, 0.3) is 0 Å². The SMILES string of the molecule is Cc1ccc(CCN2CCC3(C2)CC2(C3)OB(O)c3cnc4[nH]ccc4c32)cc1. The highest BCUT2D eigenvalue weighted by Gasteiger charge is 2.63. The lowest BCUT2D eigenvalue weighted by atomic mass is 9.56. The minimum atomic E-state index is -0.854. The van der Waals surface area contributed by atoms with Crippen LogP contribution in [0, 0.1) is 12.3 Å². The first-order valence-corrected chi connectivity index (χ1v) is 10.7.